The number of ketones is 3. The van der Waals surface area contributed by atoms with E-state index in [0.29, 0.717) is 16.5 Å². The second-order valence-electron chi connectivity index (χ2n) is 5.60. The van der Waals surface area contributed by atoms with Gasteiger partial charge in [-0.1, -0.05) is 0 Å². The van der Waals surface area contributed by atoms with Gasteiger partial charge >= 0.3 is 0 Å². The molecule has 0 bridgehead atoms. The smallest absolute Gasteiger partial charge is 0.167 e. The molecule has 5 heteroatoms. The Morgan fingerprint density at radius 3 is 2.09 bits per heavy atom. The zero-order valence-electron chi connectivity index (χ0n) is 13.2. The Morgan fingerprint density at radius 1 is 1.09 bits per heavy atom. The second kappa shape index (κ2) is 5.40. The number of carbonyl (C=O) groups is 3. The largest absolute Gasteiger partial charge is 0.507 e. The van der Waals surface area contributed by atoms with Gasteiger partial charge in [0.25, 0.3) is 0 Å². The predicted octanol–water partition coefficient (Wildman–Crippen LogP) is 3.22. The highest BCUT2D eigenvalue weighted by atomic mass is 16.3. The molecule has 0 aliphatic rings. The summed E-state index contributed by atoms with van der Waals surface area (Å²) in [7, 11) is 0. The van der Waals surface area contributed by atoms with Crippen LogP contribution in [0.25, 0.3) is 11.0 Å². The van der Waals surface area contributed by atoms with Crippen LogP contribution in [-0.4, -0.2) is 22.5 Å². The SMILES string of the molecule is CC(=O)c1c(O)c(C)cc2c(C)c(C(C(C)=O)C(C)=O)oc12. The third kappa shape index (κ3) is 2.32. The molecule has 0 aliphatic carbocycles. The van der Waals surface area contributed by atoms with E-state index in [-0.39, 0.29) is 40.0 Å². The number of hydrogen-bond donors (Lipinski definition) is 1. The fourth-order valence-corrected chi connectivity index (χ4v) is 2.75. The van der Waals surface area contributed by atoms with Crippen molar-refractivity contribution in [2.24, 2.45) is 0 Å². The first-order valence-corrected chi connectivity index (χ1v) is 6.94. The lowest BCUT2D eigenvalue weighted by Crippen LogP contribution is -2.17. The summed E-state index contributed by atoms with van der Waals surface area (Å²) in [5.41, 5.74) is 1.47. The molecule has 0 saturated heterocycles. The standard InChI is InChI=1S/C17H18O5/c1-7-6-12-8(2)16(13(9(3)18)10(4)19)22-17(12)14(11(5)20)15(7)21/h6,13,21H,1-5H3. The van der Waals surface area contributed by atoms with E-state index in [4.69, 9.17) is 4.42 Å². The number of rotatable bonds is 4. The number of benzene rings is 1. The number of Topliss-reactive ketones (excluding diaryl/α,β-unsaturated/α-hetero) is 3. The van der Waals surface area contributed by atoms with Crippen molar-refractivity contribution in [2.45, 2.75) is 40.5 Å². The Balaban J connectivity index is 2.89. The van der Waals surface area contributed by atoms with Gasteiger partial charge in [-0.2, -0.15) is 0 Å². The van der Waals surface area contributed by atoms with Crippen LogP contribution in [0.4, 0.5) is 0 Å². The maximum atomic E-state index is 11.8. The summed E-state index contributed by atoms with van der Waals surface area (Å²) in [6, 6.07) is 1.69. The molecule has 1 aromatic carbocycles. The molecular weight excluding hydrogens is 284 g/mol. The number of aromatic hydroxyl groups is 1. The fraction of sp³-hybridized carbons (Fsp3) is 0.353. The Bertz CT molecular complexity index is 796. The first kappa shape index (κ1) is 15.9. The summed E-state index contributed by atoms with van der Waals surface area (Å²) in [4.78, 5) is 35.4. The van der Waals surface area contributed by atoms with Crippen LogP contribution in [0.3, 0.4) is 0 Å². The Morgan fingerprint density at radius 2 is 1.64 bits per heavy atom. The molecule has 2 rings (SSSR count). The van der Waals surface area contributed by atoms with Gasteiger partial charge in [0.05, 0.1) is 0 Å². The lowest BCUT2D eigenvalue weighted by Gasteiger charge is -2.07. The number of hydrogen-bond acceptors (Lipinski definition) is 5. The number of phenolic OH excluding ortho intramolecular Hbond substituents is 1. The van der Waals surface area contributed by atoms with Crippen molar-refractivity contribution < 1.29 is 23.9 Å². The Kier molecular flexibility index (Phi) is 3.92. The van der Waals surface area contributed by atoms with E-state index < -0.39 is 5.92 Å². The molecule has 0 spiro atoms. The minimum atomic E-state index is -0.991. The quantitative estimate of drug-likeness (QED) is 0.692. The van der Waals surface area contributed by atoms with Crippen LogP contribution in [0.1, 0.15) is 53.9 Å². The molecule has 0 amide bonds. The summed E-state index contributed by atoms with van der Waals surface area (Å²) in [6.07, 6.45) is 0. The van der Waals surface area contributed by atoms with Crippen molar-refractivity contribution in [1.82, 2.24) is 0 Å². The van der Waals surface area contributed by atoms with Gasteiger partial charge in [-0.25, -0.2) is 0 Å². The number of fused-ring (bicyclic) bond motifs is 1. The molecule has 0 aliphatic heterocycles. The van der Waals surface area contributed by atoms with Crippen LogP contribution in [0.15, 0.2) is 10.5 Å². The Hall–Kier alpha value is -2.43. The molecule has 0 fully saturated rings. The average molecular weight is 302 g/mol. The molecule has 116 valence electrons. The number of aryl methyl sites for hydroxylation is 2. The third-order valence-electron chi connectivity index (χ3n) is 3.86. The molecule has 2 aromatic rings. The minimum Gasteiger partial charge on any atom is -0.507 e. The molecule has 5 nitrogen and oxygen atoms in total. The summed E-state index contributed by atoms with van der Waals surface area (Å²) >= 11 is 0. The van der Waals surface area contributed by atoms with Gasteiger partial charge in [0.15, 0.2) is 5.78 Å². The molecule has 0 atom stereocenters. The minimum absolute atomic E-state index is 0.0789. The van der Waals surface area contributed by atoms with Gasteiger partial charge in [0.2, 0.25) is 0 Å². The van der Waals surface area contributed by atoms with Gasteiger partial charge < -0.3 is 9.52 Å². The highest BCUT2D eigenvalue weighted by Gasteiger charge is 2.30. The van der Waals surface area contributed by atoms with Crippen LogP contribution < -0.4 is 0 Å². The monoisotopic (exact) mass is 302 g/mol. The van der Waals surface area contributed by atoms with Gasteiger partial charge in [0, 0.05) is 5.39 Å². The van der Waals surface area contributed by atoms with Crippen LogP contribution in [0.2, 0.25) is 0 Å². The summed E-state index contributed by atoms with van der Waals surface area (Å²) in [5, 5.41) is 10.7. The molecule has 0 radical (unpaired) electrons. The predicted molar refractivity (Wildman–Crippen MR) is 81.5 cm³/mol. The third-order valence-corrected chi connectivity index (χ3v) is 3.86. The van der Waals surface area contributed by atoms with Crippen LogP contribution in [0, 0.1) is 13.8 Å². The zero-order valence-corrected chi connectivity index (χ0v) is 13.2. The summed E-state index contributed by atoms with van der Waals surface area (Å²) in [5.74, 6) is -1.87. The maximum absolute atomic E-state index is 11.8. The van der Waals surface area contributed by atoms with Crippen molar-refractivity contribution in [3.8, 4) is 5.75 Å². The number of carbonyl (C=O) groups excluding carboxylic acids is 3. The highest BCUT2D eigenvalue weighted by molar-refractivity contribution is 6.10. The van der Waals surface area contributed by atoms with E-state index in [0.717, 1.165) is 0 Å². The lowest BCUT2D eigenvalue weighted by atomic mass is 9.94. The maximum Gasteiger partial charge on any atom is 0.167 e. The second-order valence-corrected chi connectivity index (χ2v) is 5.60. The average Bonchev–Trinajstić information content (AvgIpc) is 2.67. The van der Waals surface area contributed by atoms with Gasteiger partial charge in [0.1, 0.15) is 40.1 Å². The summed E-state index contributed by atoms with van der Waals surface area (Å²) < 4.78 is 5.69. The molecule has 0 saturated carbocycles. The van der Waals surface area contributed by atoms with Crippen LogP contribution >= 0.6 is 0 Å². The van der Waals surface area contributed by atoms with Crippen molar-refractivity contribution in [2.75, 3.05) is 0 Å². The fourth-order valence-electron chi connectivity index (χ4n) is 2.75. The summed E-state index contributed by atoms with van der Waals surface area (Å²) in [6.45, 7) is 7.40. The first-order chi connectivity index (χ1) is 10.2. The van der Waals surface area contributed by atoms with Crippen LogP contribution in [-0.2, 0) is 9.59 Å². The molecule has 1 heterocycles. The van der Waals surface area contributed by atoms with Crippen molar-refractivity contribution in [3.63, 3.8) is 0 Å². The van der Waals surface area contributed by atoms with Gasteiger partial charge in [-0.3, -0.25) is 14.4 Å². The molecular formula is C17H18O5. The lowest BCUT2D eigenvalue weighted by molar-refractivity contribution is -0.127. The Labute approximate surface area is 127 Å². The van der Waals surface area contributed by atoms with Crippen LogP contribution in [0.5, 0.6) is 5.75 Å². The topological polar surface area (TPSA) is 84.6 Å². The molecule has 1 N–H and O–H groups in total. The molecule has 0 unspecified atom stereocenters. The molecule has 22 heavy (non-hydrogen) atoms. The zero-order chi connectivity index (χ0) is 16.8. The first-order valence-electron chi connectivity index (χ1n) is 6.94. The number of furan rings is 1. The van der Waals surface area contributed by atoms with Crippen molar-refractivity contribution in [1.29, 1.82) is 0 Å². The van der Waals surface area contributed by atoms with E-state index in [2.05, 4.69) is 0 Å². The van der Waals surface area contributed by atoms with E-state index in [9.17, 15) is 19.5 Å². The van der Waals surface area contributed by atoms with Crippen molar-refractivity contribution >= 4 is 28.3 Å². The normalized spacial score (nSPS) is 11.2. The van der Waals surface area contributed by atoms with Gasteiger partial charge in [-0.05, 0) is 51.8 Å². The van der Waals surface area contributed by atoms with Gasteiger partial charge in [-0.15, -0.1) is 0 Å². The highest BCUT2D eigenvalue weighted by Crippen LogP contribution is 2.38. The van der Waals surface area contributed by atoms with E-state index in [1.807, 2.05) is 0 Å². The van der Waals surface area contributed by atoms with E-state index in [1.165, 1.54) is 20.8 Å². The van der Waals surface area contributed by atoms with E-state index in [1.54, 1.807) is 19.9 Å². The van der Waals surface area contributed by atoms with Crippen molar-refractivity contribution in [3.05, 3.63) is 28.5 Å². The van der Waals surface area contributed by atoms with E-state index >= 15 is 0 Å². The molecule has 1 aromatic heterocycles. The number of phenols is 1.